The highest BCUT2D eigenvalue weighted by Crippen LogP contribution is 2.29. The normalized spacial score (nSPS) is 13.6. The Morgan fingerprint density at radius 3 is 2.48 bits per heavy atom. The zero-order valence-corrected chi connectivity index (χ0v) is 18.3. The van der Waals surface area contributed by atoms with Crippen LogP contribution in [0.4, 0.5) is 5.69 Å². The molecule has 0 radical (unpaired) electrons. The molecule has 0 aliphatic carbocycles. The molecule has 1 aliphatic heterocycles. The Bertz CT molecular complexity index is 954. The second kappa shape index (κ2) is 10.6. The van der Waals surface area contributed by atoms with E-state index in [0.717, 1.165) is 35.4 Å². The van der Waals surface area contributed by atoms with E-state index in [1.54, 1.807) is 14.2 Å². The maximum Gasteiger partial charge on any atom is 0.243 e. The SMILES string of the molecule is CCCCC(=O)Nc1ccc(CN2N=C(c3ccc(OC)c(OC)c3)CCC2=O)cc1. The molecule has 0 unspecified atom stereocenters. The van der Waals surface area contributed by atoms with Crippen molar-refractivity contribution < 1.29 is 19.1 Å². The predicted octanol–water partition coefficient (Wildman–Crippen LogP) is 4.36. The van der Waals surface area contributed by atoms with Gasteiger partial charge in [0.25, 0.3) is 0 Å². The molecule has 0 saturated heterocycles. The molecule has 0 saturated carbocycles. The van der Waals surface area contributed by atoms with Crippen molar-refractivity contribution in [2.24, 2.45) is 5.10 Å². The summed E-state index contributed by atoms with van der Waals surface area (Å²) in [5.41, 5.74) is 3.43. The van der Waals surface area contributed by atoms with Crippen LogP contribution >= 0.6 is 0 Å². The summed E-state index contributed by atoms with van der Waals surface area (Å²) < 4.78 is 10.7. The Balaban J connectivity index is 1.70. The Morgan fingerprint density at radius 2 is 1.81 bits per heavy atom. The van der Waals surface area contributed by atoms with Gasteiger partial charge in [-0.05, 0) is 42.3 Å². The number of anilines is 1. The van der Waals surface area contributed by atoms with Gasteiger partial charge in [-0.2, -0.15) is 5.10 Å². The van der Waals surface area contributed by atoms with Crippen LogP contribution in [0.15, 0.2) is 47.6 Å². The molecular formula is C24H29N3O4. The molecule has 0 aromatic heterocycles. The van der Waals surface area contributed by atoms with Crippen LogP contribution in [0.3, 0.4) is 0 Å². The van der Waals surface area contributed by atoms with Crippen molar-refractivity contribution in [3.05, 3.63) is 53.6 Å². The fourth-order valence-corrected chi connectivity index (χ4v) is 3.37. The molecule has 31 heavy (non-hydrogen) atoms. The van der Waals surface area contributed by atoms with Crippen LogP contribution in [0.2, 0.25) is 0 Å². The third kappa shape index (κ3) is 5.84. The maximum absolute atomic E-state index is 12.4. The molecule has 1 heterocycles. The van der Waals surface area contributed by atoms with Gasteiger partial charge in [0.2, 0.25) is 11.8 Å². The van der Waals surface area contributed by atoms with E-state index in [-0.39, 0.29) is 11.8 Å². The summed E-state index contributed by atoms with van der Waals surface area (Å²) in [6.07, 6.45) is 3.36. The van der Waals surface area contributed by atoms with E-state index < -0.39 is 0 Å². The van der Waals surface area contributed by atoms with E-state index >= 15 is 0 Å². The minimum Gasteiger partial charge on any atom is -0.493 e. The van der Waals surface area contributed by atoms with Gasteiger partial charge in [-0.1, -0.05) is 25.5 Å². The monoisotopic (exact) mass is 423 g/mol. The Kier molecular flexibility index (Phi) is 7.65. The molecule has 0 atom stereocenters. The van der Waals surface area contributed by atoms with E-state index in [2.05, 4.69) is 17.3 Å². The Morgan fingerprint density at radius 1 is 1.06 bits per heavy atom. The second-order valence-electron chi connectivity index (χ2n) is 7.42. The lowest BCUT2D eigenvalue weighted by Crippen LogP contribution is -2.31. The average Bonchev–Trinajstić information content (AvgIpc) is 2.80. The van der Waals surface area contributed by atoms with Gasteiger partial charge in [-0.25, -0.2) is 5.01 Å². The summed E-state index contributed by atoms with van der Waals surface area (Å²) in [5, 5.41) is 9.00. The molecule has 1 N–H and O–H groups in total. The average molecular weight is 424 g/mol. The number of hydrazone groups is 1. The number of methoxy groups -OCH3 is 2. The first-order valence-electron chi connectivity index (χ1n) is 10.5. The van der Waals surface area contributed by atoms with Gasteiger partial charge in [-0.15, -0.1) is 0 Å². The summed E-state index contributed by atoms with van der Waals surface area (Å²) in [7, 11) is 3.19. The van der Waals surface area contributed by atoms with Gasteiger partial charge in [0, 0.05) is 30.5 Å². The molecule has 0 fully saturated rings. The van der Waals surface area contributed by atoms with Crippen LogP contribution in [0.1, 0.15) is 50.2 Å². The van der Waals surface area contributed by atoms with Crippen LogP contribution in [0.25, 0.3) is 0 Å². The highest BCUT2D eigenvalue weighted by atomic mass is 16.5. The highest BCUT2D eigenvalue weighted by molar-refractivity contribution is 6.04. The van der Waals surface area contributed by atoms with Crippen molar-refractivity contribution in [2.75, 3.05) is 19.5 Å². The van der Waals surface area contributed by atoms with Crippen molar-refractivity contribution in [1.82, 2.24) is 5.01 Å². The summed E-state index contributed by atoms with van der Waals surface area (Å²) in [6.45, 7) is 2.43. The lowest BCUT2D eigenvalue weighted by Gasteiger charge is -2.24. The second-order valence-corrected chi connectivity index (χ2v) is 7.42. The first kappa shape index (κ1) is 22.3. The molecule has 0 bridgehead atoms. The number of nitrogens with one attached hydrogen (secondary N) is 1. The van der Waals surface area contributed by atoms with E-state index in [0.29, 0.717) is 37.3 Å². The number of benzene rings is 2. The summed E-state index contributed by atoms with van der Waals surface area (Å²) in [6, 6.07) is 13.2. The summed E-state index contributed by atoms with van der Waals surface area (Å²) >= 11 is 0. The Labute approximate surface area is 183 Å². The topological polar surface area (TPSA) is 80.2 Å². The first-order valence-corrected chi connectivity index (χ1v) is 10.5. The third-order valence-corrected chi connectivity index (χ3v) is 5.15. The van der Waals surface area contributed by atoms with Gasteiger partial charge in [0.1, 0.15) is 0 Å². The number of nitrogens with zero attached hydrogens (tertiary/aromatic N) is 2. The van der Waals surface area contributed by atoms with Crippen LogP contribution in [0.5, 0.6) is 11.5 Å². The van der Waals surface area contributed by atoms with Gasteiger partial charge >= 0.3 is 0 Å². The lowest BCUT2D eigenvalue weighted by molar-refractivity contribution is -0.132. The maximum atomic E-state index is 12.4. The highest BCUT2D eigenvalue weighted by Gasteiger charge is 2.22. The number of carbonyl (C=O) groups excluding carboxylic acids is 2. The molecule has 1 aliphatic rings. The first-order chi connectivity index (χ1) is 15.0. The number of carbonyl (C=O) groups is 2. The van der Waals surface area contributed by atoms with E-state index in [4.69, 9.17) is 9.47 Å². The van der Waals surface area contributed by atoms with Crippen molar-refractivity contribution in [2.45, 2.75) is 45.6 Å². The summed E-state index contributed by atoms with van der Waals surface area (Å²) in [4.78, 5) is 24.3. The van der Waals surface area contributed by atoms with Crippen molar-refractivity contribution in [1.29, 1.82) is 0 Å². The van der Waals surface area contributed by atoms with Crippen molar-refractivity contribution in [3.8, 4) is 11.5 Å². The molecular weight excluding hydrogens is 394 g/mol. The molecule has 7 heteroatoms. The number of unbranched alkanes of at least 4 members (excludes halogenated alkanes) is 1. The fraction of sp³-hybridized carbons (Fsp3) is 0.375. The third-order valence-electron chi connectivity index (χ3n) is 5.15. The Hall–Kier alpha value is -3.35. The molecule has 2 aromatic carbocycles. The smallest absolute Gasteiger partial charge is 0.243 e. The van der Waals surface area contributed by atoms with Gasteiger partial charge in [-0.3, -0.25) is 9.59 Å². The summed E-state index contributed by atoms with van der Waals surface area (Å²) in [5.74, 6) is 1.28. The van der Waals surface area contributed by atoms with Gasteiger partial charge in [0.15, 0.2) is 11.5 Å². The number of hydrogen-bond donors (Lipinski definition) is 1. The van der Waals surface area contributed by atoms with E-state index in [1.807, 2.05) is 42.5 Å². The van der Waals surface area contributed by atoms with E-state index in [1.165, 1.54) is 5.01 Å². The van der Waals surface area contributed by atoms with Crippen molar-refractivity contribution in [3.63, 3.8) is 0 Å². The minimum absolute atomic E-state index is 0.0128. The van der Waals surface area contributed by atoms with E-state index in [9.17, 15) is 9.59 Å². The van der Waals surface area contributed by atoms with Crippen LogP contribution in [-0.4, -0.2) is 36.8 Å². The van der Waals surface area contributed by atoms with Crippen LogP contribution < -0.4 is 14.8 Å². The number of amides is 2. The lowest BCUT2D eigenvalue weighted by atomic mass is 10.0. The zero-order chi connectivity index (χ0) is 22.2. The van der Waals surface area contributed by atoms with Crippen molar-refractivity contribution >= 4 is 23.2 Å². The fourth-order valence-electron chi connectivity index (χ4n) is 3.37. The zero-order valence-electron chi connectivity index (χ0n) is 18.3. The molecule has 0 spiro atoms. The standard InChI is InChI=1S/C24H29N3O4/c1-4-5-6-23(28)25-19-10-7-17(8-11-19)16-27-24(29)14-12-20(26-27)18-9-13-21(30-2)22(15-18)31-3/h7-11,13,15H,4-6,12,14,16H2,1-3H3,(H,25,28). The quantitative estimate of drug-likeness (QED) is 0.650. The predicted molar refractivity (Wildman–Crippen MR) is 120 cm³/mol. The number of rotatable bonds is 9. The molecule has 2 amide bonds. The molecule has 164 valence electrons. The molecule has 3 rings (SSSR count). The molecule has 2 aromatic rings. The van der Waals surface area contributed by atoms with Crippen LogP contribution in [0, 0.1) is 0 Å². The van der Waals surface area contributed by atoms with Crippen LogP contribution in [-0.2, 0) is 16.1 Å². The van der Waals surface area contributed by atoms with Gasteiger partial charge in [0.05, 0.1) is 26.5 Å². The number of ether oxygens (including phenoxy) is 2. The number of hydrogen-bond acceptors (Lipinski definition) is 5. The minimum atomic E-state index is -0.0128. The largest absolute Gasteiger partial charge is 0.493 e. The molecule has 7 nitrogen and oxygen atoms in total. The van der Waals surface area contributed by atoms with Gasteiger partial charge < -0.3 is 14.8 Å².